The third kappa shape index (κ3) is 3.00. The lowest BCUT2D eigenvalue weighted by molar-refractivity contribution is 0.222. The molecule has 0 aliphatic carbocycles. The molecule has 0 radical (unpaired) electrons. The quantitative estimate of drug-likeness (QED) is 0.779. The summed E-state index contributed by atoms with van der Waals surface area (Å²) in [7, 11) is 0. The van der Waals surface area contributed by atoms with E-state index in [0.29, 0.717) is 17.2 Å². The maximum atomic E-state index is 6.00. The highest BCUT2D eigenvalue weighted by Gasteiger charge is 2.22. The van der Waals surface area contributed by atoms with Gasteiger partial charge in [-0.25, -0.2) is 0 Å². The summed E-state index contributed by atoms with van der Waals surface area (Å²) in [5.41, 5.74) is 0. The molecule has 5 heteroatoms. The van der Waals surface area contributed by atoms with E-state index in [0.717, 1.165) is 12.4 Å². The Balaban J connectivity index is 2.24. The third-order valence-electron chi connectivity index (χ3n) is 2.85. The van der Waals surface area contributed by atoms with Gasteiger partial charge in [-0.15, -0.1) is 0 Å². The van der Waals surface area contributed by atoms with Crippen molar-refractivity contribution in [2.24, 2.45) is 0 Å². The standard InChI is InChI=1S/C12H18ClN3O/c1-8(2)17-12-14-10(13)7-11(15-12)16-6-4-5-9(16)3/h7-9H,4-6H2,1-3H3. The van der Waals surface area contributed by atoms with E-state index in [4.69, 9.17) is 16.3 Å². The molecular weight excluding hydrogens is 238 g/mol. The lowest BCUT2D eigenvalue weighted by Crippen LogP contribution is -2.27. The van der Waals surface area contributed by atoms with E-state index in [9.17, 15) is 0 Å². The molecular formula is C12H18ClN3O. The van der Waals surface area contributed by atoms with E-state index in [2.05, 4.69) is 21.8 Å². The van der Waals surface area contributed by atoms with Gasteiger partial charge in [0.05, 0.1) is 6.10 Å². The first kappa shape index (κ1) is 12.4. The zero-order chi connectivity index (χ0) is 12.4. The molecule has 1 aromatic heterocycles. The predicted octanol–water partition coefficient (Wildman–Crippen LogP) is 2.91. The van der Waals surface area contributed by atoms with Gasteiger partial charge < -0.3 is 9.64 Å². The second-order valence-corrected chi connectivity index (χ2v) is 5.07. The van der Waals surface area contributed by atoms with E-state index in [1.807, 2.05) is 13.8 Å². The molecule has 0 spiro atoms. The van der Waals surface area contributed by atoms with Gasteiger partial charge in [0.2, 0.25) is 0 Å². The molecule has 1 aliphatic rings. The summed E-state index contributed by atoms with van der Waals surface area (Å²) < 4.78 is 5.50. The number of rotatable bonds is 3. The van der Waals surface area contributed by atoms with Crippen LogP contribution in [0.4, 0.5) is 5.82 Å². The lowest BCUT2D eigenvalue weighted by atomic mass is 10.2. The molecule has 0 bridgehead atoms. The second kappa shape index (κ2) is 5.08. The number of ether oxygens (including phenoxy) is 1. The lowest BCUT2D eigenvalue weighted by Gasteiger charge is -2.23. The van der Waals surface area contributed by atoms with Crippen LogP contribution in [0.5, 0.6) is 6.01 Å². The molecule has 0 amide bonds. The van der Waals surface area contributed by atoms with Gasteiger partial charge in [0.15, 0.2) is 0 Å². The van der Waals surface area contributed by atoms with Gasteiger partial charge in [-0.1, -0.05) is 11.6 Å². The Morgan fingerprint density at radius 3 is 2.82 bits per heavy atom. The molecule has 1 atom stereocenters. The van der Waals surface area contributed by atoms with Crippen LogP contribution < -0.4 is 9.64 Å². The summed E-state index contributed by atoms with van der Waals surface area (Å²) in [4.78, 5) is 10.7. The molecule has 0 aromatic carbocycles. The molecule has 2 rings (SSSR count). The average molecular weight is 256 g/mol. The smallest absolute Gasteiger partial charge is 0.320 e. The van der Waals surface area contributed by atoms with Crippen LogP contribution in [0.15, 0.2) is 6.07 Å². The highest BCUT2D eigenvalue weighted by atomic mass is 35.5. The summed E-state index contributed by atoms with van der Waals surface area (Å²) in [5.74, 6) is 0.866. The summed E-state index contributed by atoms with van der Waals surface area (Å²) in [5, 5.41) is 0.435. The Hall–Kier alpha value is -1.03. The first-order valence-electron chi connectivity index (χ1n) is 6.04. The monoisotopic (exact) mass is 255 g/mol. The fourth-order valence-corrected chi connectivity index (χ4v) is 2.24. The van der Waals surface area contributed by atoms with Crippen LogP contribution in [-0.4, -0.2) is 28.7 Å². The van der Waals surface area contributed by atoms with Crippen molar-refractivity contribution in [1.29, 1.82) is 0 Å². The number of nitrogens with zero attached hydrogens (tertiary/aromatic N) is 3. The Morgan fingerprint density at radius 2 is 2.24 bits per heavy atom. The topological polar surface area (TPSA) is 38.2 Å². The average Bonchev–Trinajstić information content (AvgIpc) is 2.62. The molecule has 1 fully saturated rings. The Morgan fingerprint density at radius 1 is 1.47 bits per heavy atom. The number of halogens is 1. The van der Waals surface area contributed by atoms with Gasteiger partial charge in [-0.3, -0.25) is 0 Å². The molecule has 0 N–H and O–H groups in total. The van der Waals surface area contributed by atoms with Crippen LogP contribution in [0.25, 0.3) is 0 Å². The van der Waals surface area contributed by atoms with Crippen molar-refractivity contribution in [2.75, 3.05) is 11.4 Å². The van der Waals surface area contributed by atoms with E-state index in [-0.39, 0.29) is 6.10 Å². The van der Waals surface area contributed by atoms with Crippen LogP contribution >= 0.6 is 11.6 Å². The number of hydrogen-bond acceptors (Lipinski definition) is 4. The number of aromatic nitrogens is 2. The minimum atomic E-state index is 0.0531. The summed E-state index contributed by atoms with van der Waals surface area (Å²) in [6, 6.07) is 2.67. The molecule has 4 nitrogen and oxygen atoms in total. The minimum Gasteiger partial charge on any atom is -0.461 e. The third-order valence-corrected chi connectivity index (χ3v) is 3.04. The summed E-state index contributed by atoms with van der Waals surface area (Å²) >= 11 is 6.00. The zero-order valence-electron chi connectivity index (χ0n) is 10.5. The van der Waals surface area contributed by atoms with Gasteiger partial charge in [0.1, 0.15) is 11.0 Å². The molecule has 1 saturated heterocycles. The maximum Gasteiger partial charge on any atom is 0.320 e. The molecule has 0 saturated carbocycles. The van der Waals surface area contributed by atoms with Crippen LogP contribution in [0, 0.1) is 0 Å². The highest BCUT2D eigenvalue weighted by Crippen LogP contribution is 2.26. The normalized spacial score (nSPS) is 20.1. The molecule has 17 heavy (non-hydrogen) atoms. The van der Waals surface area contributed by atoms with Gasteiger partial charge >= 0.3 is 6.01 Å². The van der Waals surface area contributed by atoms with Crippen molar-refractivity contribution in [3.63, 3.8) is 0 Å². The van der Waals surface area contributed by atoms with Crippen molar-refractivity contribution in [3.8, 4) is 6.01 Å². The minimum absolute atomic E-state index is 0.0531. The van der Waals surface area contributed by atoms with Gasteiger partial charge in [0, 0.05) is 18.7 Å². The number of anilines is 1. The first-order valence-corrected chi connectivity index (χ1v) is 6.42. The molecule has 94 valence electrons. The second-order valence-electron chi connectivity index (χ2n) is 4.68. The summed E-state index contributed by atoms with van der Waals surface area (Å²) in [6.07, 6.45) is 2.45. The van der Waals surface area contributed by atoms with Crippen LogP contribution in [0.1, 0.15) is 33.6 Å². The Labute approximate surface area is 107 Å². The fourth-order valence-electron chi connectivity index (χ4n) is 2.07. The van der Waals surface area contributed by atoms with Crippen molar-refractivity contribution in [1.82, 2.24) is 9.97 Å². The van der Waals surface area contributed by atoms with Crippen molar-refractivity contribution in [3.05, 3.63) is 11.2 Å². The van der Waals surface area contributed by atoms with Crippen LogP contribution in [0.3, 0.4) is 0 Å². The summed E-state index contributed by atoms with van der Waals surface area (Å²) in [6.45, 7) is 7.12. The largest absolute Gasteiger partial charge is 0.461 e. The van der Waals surface area contributed by atoms with E-state index in [1.54, 1.807) is 6.07 Å². The van der Waals surface area contributed by atoms with Gasteiger partial charge in [-0.05, 0) is 33.6 Å². The van der Waals surface area contributed by atoms with Crippen molar-refractivity contribution >= 4 is 17.4 Å². The first-order chi connectivity index (χ1) is 8.06. The fraction of sp³-hybridized carbons (Fsp3) is 0.667. The molecule has 1 aromatic rings. The predicted molar refractivity (Wildman–Crippen MR) is 68.8 cm³/mol. The van der Waals surface area contributed by atoms with Crippen molar-refractivity contribution in [2.45, 2.75) is 45.8 Å². The Kier molecular flexibility index (Phi) is 3.72. The number of hydrogen-bond donors (Lipinski definition) is 0. The van der Waals surface area contributed by atoms with Crippen molar-refractivity contribution < 1.29 is 4.74 Å². The molecule has 2 heterocycles. The highest BCUT2D eigenvalue weighted by molar-refractivity contribution is 6.29. The van der Waals surface area contributed by atoms with Gasteiger partial charge in [-0.2, -0.15) is 9.97 Å². The van der Waals surface area contributed by atoms with E-state index in [1.165, 1.54) is 12.8 Å². The zero-order valence-corrected chi connectivity index (χ0v) is 11.2. The van der Waals surface area contributed by atoms with E-state index < -0.39 is 0 Å². The Bertz CT molecular complexity index is 397. The molecule has 1 unspecified atom stereocenters. The van der Waals surface area contributed by atoms with Gasteiger partial charge in [0.25, 0.3) is 0 Å². The van der Waals surface area contributed by atoms with E-state index >= 15 is 0 Å². The van der Waals surface area contributed by atoms with Crippen LogP contribution in [-0.2, 0) is 0 Å². The SMILES string of the molecule is CC(C)Oc1nc(Cl)cc(N2CCCC2C)n1. The maximum absolute atomic E-state index is 6.00. The molecule has 1 aliphatic heterocycles. The van der Waals surface area contributed by atoms with Crippen LogP contribution in [0.2, 0.25) is 5.15 Å².